The molecule has 0 saturated heterocycles. The first kappa shape index (κ1) is 18.8. The minimum absolute atomic E-state index is 0. The summed E-state index contributed by atoms with van der Waals surface area (Å²) in [6, 6.07) is 3.59. The Balaban J connectivity index is 0.00000361. The standard InChI is InChI=1S/C14H24N2O3.ClH/c1-17-12-9-14(19-3)13(18-2)8-10(12)11(16)6-4-5-7-15;/h8-9,11H,4-7,15-16H2,1-3H3;1H/t11-;/m0./s1. The van der Waals surface area contributed by atoms with Crippen LogP contribution in [0.1, 0.15) is 30.9 Å². The van der Waals surface area contributed by atoms with Crippen LogP contribution in [-0.2, 0) is 0 Å². The van der Waals surface area contributed by atoms with E-state index in [0.717, 1.165) is 30.6 Å². The molecular weight excluding hydrogens is 280 g/mol. The third-order valence-electron chi connectivity index (χ3n) is 3.10. The van der Waals surface area contributed by atoms with Crippen molar-refractivity contribution in [3.8, 4) is 17.2 Å². The van der Waals surface area contributed by atoms with Gasteiger partial charge in [-0.05, 0) is 25.5 Å². The number of benzene rings is 1. The molecule has 0 bridgehead atoms. The third kappa shape index (κ3) is 4.74. The average molecular weight is 305 g/mol. The van der Waals surface area contributed by atoms with E-state index in [-0.39, 0.29) is 18.4 Å². The molecule has 1 aromatic carbocycles. The van der Waals surface area contributed by atoms with E-state index in [1.54, 1.807) is 27.4 Å². The number of unbranched alkanes of at least 4 members (excludes halogenated alkanes) is 1. The number of methoxy groups -OCH3 is 3. The van der Waals surface area contributed by atoms with Crippen LogP contribution in [0.3, 0.4) is 0 Å². The maximum absolute atomic E-state index is 6.21. The van der Waals surface area contributed by atoms with Gasteiger partial charge >= 0.3 is 0 Å². The first-order valence-electron chi connectivity index (χ1n) is 6.43. The zero-order chi connectivity index (χ0) is 14.3. The molecule has 0 aliphatic carbocycles. The Hall–Kier alpha value is -1.17. The topological polar surface area (TPSA) is 79.7 Å². The lowest BCUT2D eigenvalue weighted by atomic mass is 10.00. The van der Waals surface area contributed by atoms with Crippen LogP contribution in [0.2, 0.25) is 0 Å². The lowest BCUT2D eigenvalue weighted by molar-refractivity contribution is 0.346. The van der Waals surface area contributed by atoms with Crippen LogP contribution in [0.15, 0.2) is 12.1 Å². The minimum atomic E-state index is -0.0960. The second kappa shape index (κ2) is 9.69. The highest BCUT2D eigenvalue weighted by Gasteiger charge is 2.16. The molecule has 20 heavy (non-hydrogen) atoms. The lowest BCUT2D eigenvalue weighted by Gasteiger charge is -2.18. The van der Waals surface area contributed by atoms with E-state index in [0.29, 0.717) is 18.0 Å². The van der Waals surface area contributed by atoms with Crippen molar-refractivity contribution in [1.29, 1.82) is 0 Å². The molecule has 116 valence electrons. The molecule has 6 heteroatoms. The van der Waals surface area contributed by atoms with Crippen molar-refractivity contribution in [2.24, 2.45) is 11.5 Å². The normalized spacial score (nSPS) is 11.4. The van der Waals surface area contributed by atoms with Gasteiger partial charge in [0.2, 0.25) is 0 Å². The fraction of sp³-hybridized carbons (Fsp3) is 0.571. The van der Waals surface area contributed by atoms with E-state index in [1.165, 1.54) is 0 Å². The molecule has 1 atom stereocenters. The summed E-state index contributed by atoms with van der Waals surface area (Å²) in [7, 11) is 4.82. The molecule has 0 aromatic heterocycles. The highest BCUT2D eigenvalue weighted by Crippen LogP contribution is 2.37. The van der Waals surface area contributed by atoms with E-state index >= 15 is 0 Å². The van der Waals surface area contributed by atoms with Gasteiger partial charge in [0, 0.05) is 17.7 Å². The fourth-order valence-electron chi connectivity index (χ4n) is 2.01. The Morgan fingerprint density at radius 3 is 2.00 bits per heavy atom. The van der Waals surface area contributed by atoms with Crippen LogP contribution in [0.5, 0.6) is 17.2 Å². The summed E-state index contributed by atoms with van der Waals surface area (Å²) in [5.41, 5.74) is 12.6. The summed E-state index contributed by atoms with van der Waals surface area (Å²) in [6.07, 6.45) is 2.83. The van der Waals surface area contributed by atoms with Crippen molar-refractivity contribution in [3.63, 3.8) is 0 Å². The van der Waals surface area contributed by atoms with Crippen molar-refractivity contribution < 1.29 is 14.2 Å². The third-order valence-corrected chi connectivity index (χ3v) is 3.10. The largest absolute Gasteiger partial charge is 0.496 e. The van der Waals surface area contributed by atoms with Gasteiger partial charge in [0.1, 0.15) is 5.75 Å². The van der Waals surface area contributed by atoms with Crippen molar-refractivity contribution in [2.75, 3.05) is 27.9 Å². The number of halogens is 1. The van der Waals surface area contributed by atoms with Crippen LogP contribution in [0.25, 0.3) is 0 Å². The monoisotopic (exact) mass is 304 g/mol. The second-order valence-electron chi connectivity index (χ2n) is 4.34. The van der Waals surface area contributed by atoms with Gasteiger partial charge in [-0.3, -0.25) is 0 Å². The molecule has 0 aliphatic heterocycles. The fourth-order valence-corrected chi connectivity index (χ4v) is 2.01. The Labute approximate surface area is 127 Å². The number of nitrogens with two attached hydrogens (primary N) is 2. The van der Waals surface area contributed by atoms with Crippen LogP contribution >= 0.6 is 12.4 Å². The molecule has 0 aliphatic rings. The Kier molecular flexibility index (Phi) is 9.12. The summed E-state index contributed by atoms with van der Waals surface area (Å²) in [6.45, 7) is 0.690. The molecule has 1 aromatic rings. The zero-order valence-electron chi connectivity index (χ0n) is 12.3. The first-order chi connectivity index (χ1) is 9.17. The van der Waals surface area contributed by atoms with Gasteiger partial charge in [0.25, 0.3) is 0 Å². The molecule has 0 heterocycles. The summed E-state index contributed by atoms with van der Waals surface area (Å²) in [5, 5.41) is 0. The molecule has 4 N–H and O–H groups in total. The zero-order valence-corrected chi connectivity index (χ0v) is 13.2. The molecule has 0 spiro atoms. The summed E-state index contributed by atoms with van der Waals surface area (Å²) < 4.78 is 15.9. The summed E-state index contributed by atoms with van der Waals surface area (Å²) in [4.78, 5) is 0. The minimum Gasteiger partial charge on any atom is -0.496 e. The number of hydrogen-bond donors (Lipinski definition) is 2. The van der Waals surface area contributed by atoms with Crippen LogP contribution in [-0.4, -0.2) is 27.9 Å². The Morgan fingerprint density at radius 1 is 0.950 bits per heavy atom. The lowest BCUT2D eigenvalue weighted by Crippen LogP contribution is -2.13. The molecule has 5 nitrogen and oxygen atoms in total. The smallest absolute Gasteiger partial charge is 0.164 e. The van der Waals surface area contributed by atoms with Gasteiger partial charge in [-0.2, -0.15) is 0 Å². The molecule has 0 amide bonds. The number of rotatable bonds is 8. The van der Waals surface area contributed by atoms with E-state index in [4.69, 9.17) is 25.7 Å². The highest BCUT2D eigenvalue weighted by molar-refractivity contribution is 5.85. The summed E-state index contributed by atoms with van der Waals surface area (Å²) in [5.74, 6) is 2.02. The van der Waals surface area contributed by atoms with Gasteiger partial charge in [0.05, 0.1) is 21.3 Å². The van der Waals surface area contributed by atoms with Gasteiger partial charge in [-0.15, -0.1) is 12.4 Å². The van der Waals surface area contributed by atoms with Gasteiger partial charge in [0.15, 0.2) is 11.5 Å². The average Bonchev–Trinajstić information content (AvgIpc) is 2.45. The SMILES string of the molecule is COc1cc(OC)c([C@@H](N)CCCCN)cc1OC.Cl. The van der Waals surface area contributed by atoms with Crippen molar-refractivity contribution in [3.05, 3.63) is 17.7 Å². The number of hydrogen-bond acceptors (Lipinski definition) is 5. The molecular formula is C14H25ClN2O3. The molecule has 0 fully saturated rings. The predicted molar refractivity (Wildman–Crippen MR) is 83.2 cm³/mol. The second-order valence-corrected chi connectivity index (χ2v) is 4.34. The molecule has 1 rings (SSSR count). The maximum Gasteiger partial charge on any atom is 0.164 e. The van der Waals surface area contributed by atoms with Gasteiger partial charge in [-0.1, -0.05) is 6.42 Å². The highest BCUT2D eigenvalue weighted by atomic mass is 35.5. The van der Waals surface area contributed by atoms with E-state index in [2.05, 4.69) is 0 Å². The van der Waals surface area contributed by atoms with Crippen molar-refractivity contribution in [1.82, 2.24) is 0 Å². The van der Waals surface area contributed by atoms with Crippen LogP contribution < -0.4 is 25.7 Å². The van der Waals surface area contributed by atoms with Crippen LogP contribution in [0, 0.1) is 0 Å². The Morgan fingerprint density at radius 2 is 1.50 bits per heavy atom. The molecule has 0 radical (unpaired) electrons. The van der Waals surface area contributed by atoms with Crippen LogP contribution in [0.4, 0.5) is 0 Å². The van der Waals surface area contributed by atoms with Crippen molar-refractivity contribution >= 4 is 12.4 Å². The predicted octanol–water partition coefficient (Wildman–Crippen LogP) is 2.26. The molecule has 0 unspecified atom stereocenters. The maximum atomic E-state index is 6.21. The number of ether oxygens (including phenoxy) is 3. The molecule has 0 saturated carbocycles. The van der Waals surface area contributed by atoms with E-state index in [9.17, 15) is 0 Å². The summed E-state index contributed by atoms with van der Waals surface area (Å²) >= 11 is 0. The van der Waals surface area contributed by atoms with E-state index in [1.807, 2.05) is 6.07 Å². The van der Waals surface area contributed by atoms with Crippen molar-refractivity contribution in [2.45, 2.75) is 25.3 Å². The Bertz CT molecular complexity index is 402. The first-order valence-corrected chi connectivity index (χ1v) is 6.43. The van der Waals surface area contributed by atoms with E-state index < -0.39 is 0 Å². The van der Waals surface area contributed by atoms with Gasteiger partial charge in [-0.25, -0.2) is 0 Å². The quantitative estimate of drug-likeness (QED) is 0.720. The van der Waals surface area contributed by atoms with Gasteiger partial charge < -0.3 is 25.7 Å².